The number of ether oxygens (including phenoxy) is 2. The third-order valence-electron chi connectivity index (χ3n) is 3.21. The lowest BCUT2D eigenvalue weighted by atomic mass is 10.0. The van der Waals surface area contributed by atoms with Gasteiger partial charge in [0, 0.05) is 25.1 Å². The van der Waals surface area contributed by atoms with Crippen molar-refractivity contribution in [1.29, 1.82) is 0 Å². The molecule has 0 spiro atoms. The molecule has 0 N–H and O–H groups in total. The predicted molar refractivity (Wildman–Crippen MR) is 87.6 cm³/mol. The van der Waals surface area contributed by atoms with Crippen LogP contribution in [0.5, 0.6) is 5.75 Å². The molecule has 1 aromatic carbocycles. The lowest BCUT2D eigenvalue weighted by Crippen LogP contribution is -2.53. The normalized spacial score (nSPS) is 15.0. The third kappa shape index (κ3) is 4.82. The van der Waals surface area contributed by atoms with Gasteiger partial charge in [0.15, 0.2) is 0 Å². The summed E-state index contributed by atoms with van der Waals surface area (Å²) < 4.78 is 11.6. The Kier molecular flexibility index (Phi) is 5.13. The van der Waals surface area contributed by atoms with E-state index in [0.717, 1.165) is 0 Å². The maximum atomic E-state index is 11.8. The Balaban J connectivity index is 1.82. The number of carbonyl (C=O) groups excluding carboxylic acids is 1. The van der Waals surface area contributed by atoms with Gasteiger partial charge >= 0.3 is 6.09 Å². The molecule has 0 saturated carbocycles. The number of nitro groups is 1. The van der Waals surface area contributed by atoms with Crippen LogP contribution in [0.3, 0.4) is 0 Å². The van der Waals surface area contributed by atoms with Crippen LogP contribution >= 0.6 is 15.9 Å². The van der Waals surface area contributed by atoms with Gasteiger partial charge in [-0.05, 0) is 42.8 Å². The molecule has 7 nitrogen and oxygen atoms in total. The summed E-state index contributed by atoms with van der Waals surface area (Å²) in [7, 11) is 0. The summed E-state index contributed by atoms with van der Waals surface area (Å²) in [6.07, 6.45) is -0.328. The topological polar surface area (TPSA) is 81.9 Å². The van der Waals surface area contributed by atoms with Crippen LogP contribution in [0, 0.1) is 16.0 Å². The number of halogens is 1. The Bertz CT molecular complexity index is 608. The van der Waals surface area contributed by atoms with Gasteiger partial charge in [-0.25, -0.2) is 4.79 Å². The first-order valence-electron chi connectivity index (χ1n) is 7.20. The van der Waals surface area contributed by atoms with E-state index in [1.807, 2.05) is 20.8 Å². The Labute approximate surface area is 142 Å². The number of rotatable bonds is 4. The van der Waals surface area contributed by atoms with Gasteiger partial charge in [0.25, 0.3) is 5.69 Å². The molecule has 1 aliphatic rings. The van der Waals surface area contributed by atoms with Crippen molar-refractivity contribution in [2.24, 2.45) is 5.92 Å². The number of nitro benzene ring substituents is 1. The molecular formula is C15H19BrN2O5. The molecule has 1 fully saturated rings. The fraction of sp³-hybridized carbons (Fsp3) is 0.533. The molecular weight excluding hydrogens is 368 g/mol. The maximum absolute atomic E-state index is 11.8. The average molecular weight is 387 g/mol. The second kappa shape index (κ2) is 6.74. The van der Waals surface area contributed by atoms with Gasteiger partial charge in [0.05, 0.1) is 22.1 Å². The maximum Gasteiger partial charge on any atom is 0.410 e. The molecule has 2 rings (SSSR count). The minimum atomic E-state index is -0.507. The number of hydrogen-bond acceptors (Lipinski definition) is 5. The number of benzene rings is 1. The SMILES string of the molecule is CC(C)(C)OC(=O)N1CC(COc2cc([N+](=O)[O-])ccc2Br)C1. The van der Waals surface area contributed by atoms with Crippen molar-refractivity contribution in [3.63, 3.8) is 0 Å². The zero-order valence-corrected chi connectivity index (χ0v) is 14.8. The van der Waals surface area contributed by atoms with Gasteiger partial charge in [0.2, 0.25) is 0 Å². The molecule has 0 bridgehead atoms. The van der Waals surface area contributed by atoms with Crippen LogP contribution in [0.15, 0.2) is 22.7 Å². The van der Waals surface area contributed by atoms with Crippen molar-refractivity contribution in [3.8, 4) is 5.75 Å². The van der Waals surface area contributed by atoms with Crippen LogP contribution in [-0.4, -0.2) is 41.2 Å². The Morgan fingerprint density at radius 1 is 1.43 bits per heavy atom. The summed E-state index contributed by atoms with van der Waals surface area (Å²) in [5.74, 6) is 0.614. The van der Waals surface area contributed by atoms with E-state index >= 15 is 0 Å². The molecule has 0 aromatic heterocycles. The van der Waals surface area contributed by atoms with Gasteiger partial charge in [-0.15, -0.1) is 0 Å². The quantitative estimate of drug-likeness (QED) is 0.582. The van der Waals surface area contributed by atoms with Crippen LogP contribution in [0.25, 0.3) is 0 Å². The van der Waals surface area contributed by atoms with Gasteiger partial charge in [-0.3, -0.25) is 10.1 Å². The van der Waals surface area contributed by atoms with E-state index in [-0.39, 0.29) is 17.7 Å². The molecule has 1 heterocycles. The fourth-order valence-electron chi connectivity index (χ4n) is 2.07. The van der Waals surface area contributed by atoms with E-state index in [1.54, 1.807) is 11.0 Å². The first kappa shape index (κ1) is 17.5. The fourth-order valence-corrected chi connectivity index (χ4v) is 2.44. The summed E-state index contributed by atoms with van der Waals surface area (Å²) in [5, 5.41) is 10.8. The van der Waals surface area contributed by atoms with Gasteiger partial charge in [-0.2, -0.15) is 0 Å². The molecule has 8 heteroatoms. The van der Waals surface area contributed by atoms with E-state index in [9.17, 15) is 14.9 Å². The molecule has 1 aliphatic heterocycles. The highest BCUT2D eigenvalue weighted by atomic mass is 79.9. The van der Waals surface area contributed by atoms with E-state index < -0.39 is 10.5 Å². The molecule has 0 unspecified atom stereocenters. The first-order chi connectivity index (χ1) is 10.7. The Morgan fingerprint density at radius 2 is 2.09 bits per heavy atom. The number of likely N-dealkylation sites (tertiary alicyclic amines) is 1. The van der Waals surface area contributed by atoms with Gasteiger partial charge < -0.3 is 14.4 Å². The van der Waals surface area contributed by atoms with Crippen molar-refractivity contribution in [1.82, 2.24) is 4.90 Å². The predicted octanol–water partition coefficient (Wildman–Crippen LogP) is 3.60. The lowest BCUT2D eigenvalue weighted by molar-refractivity contribution is -0.385. The first-order valence-corrected chi connectivity index (χ1v) is 7.99. The highest BCUT2D eigenvalue weighted by Crippen LogP contribution is 2.30. The van der Waals surface area contributed by atoms with E-state index in [4.69, 9.17) is 9.47 Å². The highest BCUT2D eigenvalue weighted by molar-refractivity contribution is 9.10. The summed E-state index contributed by atoms with van der Waals surface area (Å²) in [4.78, 5) is 23.7. The standard InChI is InChI=1S/C15H19BrN2O5/c1-15(2,3)23-14(19)17-7-10(8-17)9-22-13-6-11(18(20)21)4-5-12(13)16/h4-6,10H,7-9H2,1-3H3. The van der Waals surface area contributed by atoms with Crippen molar-refractivity contribution < 1.29 is 19.2 Å². The van der Waals surface area contributed by atoms with E-state index in [2.05, 4.69) is 15.9 Å². The molecule has 1 aromatic rings. The monoisotopic (exact) mass is 386 g/mol. The number of hydrogen-bond donors (Lipinski definition) is 0. The van der Waals surface area contributed by atoms with Crippen LogP contribution in [-0.2, 0) is 4.74 Å². The molecule has 1 saturated heterocycles. The average Bonchev–Trinajstić information content (AvgIpc) is 2.36. The van der Waals surface area contributed by atoms with Crippen molar-refractivity contribution in [2.45, 2.75) is 26.4 Å². The zero-order chi connectivity index (χ0) is 17.2. The second-order valence-electron chi connectivity index (χ2n) is 6.43. The van der Waals surface area contributed by atoms with Crippen LogP contribution in [0.1, 0.15) is 20.8 Å². The van der Waals surface area contributed by atoms with Crippen LogP contribution < -0.4 is 4.74 Å². The largest absolute Gasteiger partial charge is 0.492 e. The lowest BCUT2D eigenvalue weighted by Gasteiger charge is -2.39. The summed E-state index contributed by atoms with van der Waals surface area (Å²) in [6, 6.07) is 4.38. The van der Waals surface area contributed by atoms with Crippen molar-refractivity contribution >= 4 is 27.7 Å². The minimum Gasteiger partial charge on any atom is -0.492 e. The van der Waals surface area contributed by atoms with E-state index in [1.165, 1.54) is 12.1 Å². The van der Waals surface area contributed by atoms with E-state index in [0.29, 0.717) is 29.9 Å². The summed E-state index contributed by atoms with van der Waals surface area (Å²) >= 11 is 3.31. The Hall–Kier alpha value is -1.83. The number of non-ortho nitro benzene ring substituents is 1. The Morgan fingerprint density at radius 3 is 2.65 bits per heavy atom. The van der Waals surface area contributed by atoms with Gasteiger partial charge in [-0.1, -0.05) is 0 Å². The number of carbonyl (C=O) groups is 1. The number of amides is 1. The molecule has 23 heavy (non-hydrogen) atoms. The summed E-state index contributed by atoms with van der Waals surface area (Å²) in [6.45, 7) is 6.98. The number of nitrogens with zero attached hydrogens (tertiary/aromatic N) is 2. The van der Waals surface area contributed by atoms with Crippen molar-refractivity contribution in [3.05, 3.63) is 32.8 Å². The van der Waals surface area contributed by atoms with Crippen LogP contribution in [0.2, 0.25) is 0 Å². The molecule has 0 aliphatic carbocycles. The van der Waals surface area contributed by atoms with Crippen molar-refractivity contribution in [2.75, 3.05) is 19.7 Å². The van der Waals surface area contributed by atoms with Gasteiger partial charge in [0.1, 0.15) is 11.4 Å². The molecule has 0 atom stereocenters. The molecule has 0 radical (unpaired) electrons. The third-order valence-corrected chi connectivity index (χ3v) is 3.86. The van der Waals surface area contributed by atoms with Crippen LogP contribution in [0.4, 0.5) is 10.5 Å². The molecule has 126 valence electrons. The second-order valence-corrected chi connectivity index (χ2v) is 7.29. The smallest absolute Gasteiger partial charge is 0.410 e. The highest BCUT2D eigenvalue weighted by Gasteiger charge is 2.34. The zero-order valence-electron chi connectivity index (χ0n) is 13.2. The summed E-state index contributed by atoms with van der Waals surface area (Å²) in [5.41, 5.74) is -0.529. The molecule has 1 amide bonds. The minimum absolute atomic E-state index is 0.0211.